The van der Waals surface area contributed by atoms with Crippen molar-refractivity contribution in [2.24, 2.45) is 11.8 Å². The molecule has 5 nitrogen and oxygen atoms in total. The number of amides is 2. The quantitative estimate of drug-likeness (QED) is 0.713. The van der Waals surface area contributed by atoms with Crippen LogP contribution in [0.2, 0.25) is 0 Å². The van der Waals surface area contributed by atoms with Gasteiger partial charge in [0.05, 0.1) is 0 Å². The zero-order chi connectivity index (χ0) is 14.5. The molecular weight excluding hydrogens is 256 g/mol. The largest absolute Gasteiger partial charge is 0.381 e. The number of carbonyl (C=O) groups excluding carboxylic acids is 2. The van der Waals surface area contributed by atoms with Crippen LogP contribution < -0.4 is 5.32 Å². The second-order valence-corrected chi connectivity index (χ2v) is 6.28. The van der Waals surface area contributed by atoms with Gasteiger partial charge in [-0.2, -0.15) is 0 Å². The molecule has 2 fully saturated rings. The Bertz CT molecular complexity index is 353. The topological polar surface area (TPSA) is 58.6 Å². The fraction of sp³-hybridized carbons (Fsp3) is 0.867. The van der Waals surface area contributed by atoms with Crippen LogP contribution in [0, 0.1) is 11.8 Å². The number of carbonyl (C=O) groups is 2. The smallest absolute Gasteiger partial charge is 0.245 e. The number of nitrogens with one attached hydrogen (secondary N) is 1. The van der Waals surface area contributed by atoms with E-state index in [9.17, 15) is 9.59 Å². The molecule has 0 radical (unpaired) electrons. The number of nitrogens with zero attached hydrogens (tertiary/aromatic N) is 1. The maximum Gasteiger partial charge on any atom is 0.245 e. The Kier molecular flexibility index (Phi) is 5.40. The second kappa shape index (κ2) is 7.07. The van der Waals surface area contributed by atoms with Crippen LogP contribution in [0.5, 0.6) is 0 Å². The summed E-state index contributed by atoms with van der Waals surface area (Å²) in [6.07, 6.45) is 3.37. The summed E-state index contributed by atoms with van der Waals surface area (Å²) >= 11 is 0. The van der Waals surface area contributed by atoms with Crippen molar-refractivity contribution in [1.29, 1.82) is 0 Å². The Morgan fingerprint density at radius 1 is 1.35 bits per heavy atom. The maximum absolute atomic E-state index is 12.4. The minimum absolute atomic E-state index is 0.00816. The number of hydrogen-bond donors (Lipinski definition) is 1. The highest BCUT2D eigenvalue weighted by Crippen LogP contribution is 2.34. The number of ether oxygens (including phenoxy) is 1. The molecule has 1 heterocycles. The van der Waals surface area contributed by atoms with E-state index in [0.29, 0.717) is 38.0 Å². The minimum Gasteiger partial charge on any atom is -0.381 e. The van der Waals surface area contributed by atoms with E-state index in [1.807, 2.05) is 4.90 Å². The fourth-order valence-corrected chi connectivity index (χ4v) is 2.50. The van der Waals surface area contributed by atoms with Gasteiger partial charge in [0.25, 0.3) is 0 Å². The van der Waals surface area contributed by atoms with Crippen LogP contribution in [0.15, 0.2) is 0 Å². The van der Waals surface area contributed by atoms with Gasteiger partial charge >= 0.3 is 0 Å². The first kappa shape index (κ1) is 15.3. The average Bonchev–Trinajstić information content (AvgIpc) is 3.21. The van der Waals surface area contributed by atoms with Gasteiger partial charge < -0.3 is 15.0 Å². The third-order valence-corrected chi connectivity index (χ3v) is 3.76. The predicted octanol–water partition coefficient (Wildman–Crippen LogP) is 1.18. The van der Waals surface area contributed by atoms with Crippen LogP contribution >= 0.6 is 0 Å². The highest BCUT2D eigenvalue weighted by Gasteiger charge is 2.40. The number of rotatable bonds is 7. The van der Waals surface area contributed by atoms with Crippen molar-refractivity contribution < 1.29 is 14.3 Å². The summed E-state index contributed by atoms with van der Waals surface area (Å²) in [6.45, 7) is 6.91. The molecule has 1 aliphatic heterocycles. The second-order valence-electron chi connectivity index (χ2n) is 6.28. The first-order valence-electron chi connectivity index (χ1n) is 7.74. The zero-order valence-corrected chi connectivity index (χ0v) is 12.6. The van der Waals surface area contributed by atoms with Crippen LogP contribution in [-0.4, -0.2) is 49.1 Å². The van der Waals surface area contributed by atoms with Gasteiger partial charge in [0.15, 0.2) is 0 Å². The molecule has 1 saturated carbocycles. The monoisotopic (exact) mass is 282 g/mol. The van der Waals surface area contributed by atoms with Crippen molar-refractivity contribution >= 4 is 11.8 Å². The van der Waals surface area contributed by atoms with Crippen molar-refractivity contribution in [3.63, 3.8) is 0 Å². The zero-order valence-electron chi connectivity index (χ0n) is 12.6. The Morgan fingerprint density at radius 2 is 2.10 bits per heavy atom. The SMILES string of the molecule is CC(C)COCCCN1CCC(=O)NC(C2CC2)C1=O. The standard InChI is InChI=1S/C15H26N2O3/c1-11(2)10-20-9-3-7-17-8-6-13(18)16-14(15(17)19)12-4-5-12/h11-12,14H,3-10H2,1-2H3,(H,16,18). The van der Waals surface area contributed by atoms with Crippen molar-refractivity contribution in [2.45, 2.75) is 45.6 Å². The summed E-state index contributed by atoms with van der Waals surface area (Å²) in [4.78, 5) is 25.9. The van der Waals surface area contributed by atoms with Crippen LogP contribution in [0.1, 0.15) is 39.5 Å². The maximum atomic E-state index is 12.4. The van der Waals surface area contributed by atoms with Gasteiger partial charge in [0.2, 0.25) is 11.8 Å². The van der Waals surface area contributed by atoms with Crippen molar-refractivity contribution in [1.82, 2.24) is 10.2 Å². The molecule has 2 rings (SSSR count). The molecular formula is C15H26N2O3. The summed E-state index contributed by atoms with van der Waals surface area (Å²) in [7, 11) is 0. The Hall–Kier alpha value is -1.10. The molecule has 5 heteroatoms. The van der Waals surface area contributed by atoms with E-state index in [1.165, 1.54) is 0 Å². The van der Waals surface area contributed by atoms with E-state index in [0.717, 1.165) is 25.9 Å². The van der Waals surface area contributed by atoms with Crippen LogP contribution in [0.4, 0.5) is 0 Å². The third-order valence-electron chi connectivity index (χ3n) is 3.76. The highest BCUT2D eigenvalue weighted by molar-refractivity contribution is 5.90. The van der Waals surface area contributed by atoms with Crippen LogP contribution in [-0.2, 0) is 14.3 Å². The van der Waals surface area contributed by atoms with E-state index in [2.05, 4.69) is 19.2 Å². The van der Waals surface area contributed by atoms with Gasteiger partial charge in [-0.05, 0) is 31.1 Å². The lowest BCUT2D eigenvalue weighted by Crippen LogP contribution is -2.46. The minimum atomic E-state index is -0.276. The molecule has 0 aromatic heterocycles. The lowest BCUT2D eigenvalue weighted by Gasteiger charge is -2.24. The first-order valence-corrected chi connectivity index (χ1v) is 7.74. The van der Waals surface area contributed by atoms with E-state index in [1.54, 1.807) is 0 Å². The molecule has 2 amide bonds. The van der Waals surface area contributed by atoms with Gasteiger partial charge in [-0.3, -0.25) is 9.59 Å². The average molecular weight is 282 g/mol. The summed E-state index contributed by atoms with van der Waals surface area (Å²) < 4.78 is 5.54. The molecule has 1 unspecified atom stereocenters. The molecule has 0 bridgehead atoms. The molecule has 2 aliphatic rings. The van der Waals surface area contributed by atoms with Gasteiger partial charge in [0.1, 0.15) is 6.04 Å². The molecule has 114 valence electrons. The fourth-order valence-electron chi connectivity index (χ4n) is 2.50. The van der Waals surface area contributed by atoms with E-state index >= 15 is 0 Å². The summed E-state index contributed by atoms with van der Waals surface area (Å²) in [6, 6.07) is -0.276. The van der Waals surface area contributed by atoms with Crippen LogP contribution in [0.3, 0.4) is 0 Å². The van der Waals surface area contributed by atoms with Crippen molar-refractivity contribution in [3.8, 4) is 0 Å². The van der Waals surface area contributed by atoms with E-state index < -0.39 is 0 Å². The van der Waals surface area contributed by atoms with Crippen molar-refractivity contribution in [3.05, 3.63) is 0 Å². The first-order chi connectivity index (χ1) is 9.58. The Morgan fingerprint density at radius 3 is 2.75 bits per heavy atom. The van der Waals surface area contributed by atoms with Crippen molar-refractivity contribution in [2.75, 3.05) is 26.3 Å². The third kappa shape index (κ3) is 4.47. The molecule has 0 aromatic carbocycles. The lowest BCUT2D eigenvalue weighted by molar-refractivity contribution is -0.134. The van der Waals surface area contributed by atoms with E-state index in [4.69, 9.17) is 4.74 Å². The number of hydrogen-bond acceptors (Lipinski definition) is 3. The van der Waals surface area contributed by atoms with Crippen LogP contribution in [0.25, 0.3) is 0 Å². The molecule has 1 saturated heterocycles. The Balaban J connectivity index is 1.77. The molecule has 1 atom stereocenters. The summed E-state index contributed by atoms with van der Waals surface area (Å²) in [5, 5.41) is 2.88. The molecule has 0 spiro atoms. The molecule has 0 aromatic rings. The van der Waals surface area contributed by atoms with Gasteiger partial charge in [0, 0.05) is 32.7 Å². The molecule has 1 aliphatic carbocycles. The molecule has 1 N–H and O–H groups in total. The molecule has 20 heavy (non-hydrogen) atoms. The van der Waals surface area contributed by atoms with Gasteiger partial charge in [-0.25, -0.2) is 0 Å². The van der Waals surface area contributed by atoms with E-state index in [-0.39, 0.29) is 17.9 Å². The highest BCUT2D eigenvalue weighted by atomic mass is 16.5. The van der Waals surface area contributed by atoms with Gasteiger partial charge in [-0.15, -0.1) is 0 Å². The lowest BCUT2D eigenvalue weighted by atomic mass is 10.1. The predicted molar refractivity (Wildman–Crippen MR) is 76.1 cm³/mol. The summed E-state index contributed by atoms with van der Waals surface area (Å²) in [5.41, 5.74) is 0. The normalized spacial score (nSPS) is 23.9. The Labute approximate surface area is 121 Å². The summed E-state index contributed by atoms with van der Waals surface area (Å²) in [5.74, 6) is 1.01. The van der Waals surface area contributed by atoms with Gasteiger partial charge in [-0.1, -0.05) is 13.8 Å².